The summed E-state index contributed by atoms with van der Waals surface area (Å²) in [6.45, 7) is 0.346. The molecule has 1 aliphatic heterocycles. The van der Waals surface area contributed by atoms with Crippen LogP contribution < -0.4 is 30.0 Å². The van der Waals surface area contributed by atoms with E-state index >= 15 is 0 Å². The molecule has 0 fully saturated rings. The quantitative estimate of drug-likeness (QED) is 0.460. The molecular weight excluding hydrogens is 336 g/mol. The third-order valence-electron chi connectivity index (χ3n) is 4.33. The van der Waals surface area contributed by atoms with Crippen LogP contribution in [0, 0.1) is 0 Å². The number of benzene rings is 2. The molecule has 7 heteroatoms. The molecule has 2 aromatic carbocycles. The standard InChI is InChI=1S/C19H22N2O5/c1-23-14-7-12(8-15(9-14)24-2)11-21-19(20)10-13-5-4-6-16(25-3)17(13)26-18(19)22/h4-9,21H,10-11,20H2,1-3H3. The van der Waals surface area contributed by atoms with E-state index in [4.69, 9.17) is 24.7 Å². The molecule has 0 amide bonds. The van der Waals surface area contributed by atoms with Gasteiger partial charge >= 0.3 is 5.97 Å². The Morgan fingerprint density at radius 2 is 1.81 bits per heavy atom. The van der Waals surface area contributed by atoms with Gasteiger partial charge in [0.25, 0.3) is 0 Å². The fraction of sp³-hybridized carbons (Fsp3) is 0.316. The van der Waals surface area contributed by atoms with Crippen molar-refractivity contribution in [3.05, 3.63) is 47.5 Å². The zero-order valence-electron chi connectivity index (χ0n) is 15.0. The first-order chi connectivity index (χ1) is 12.5. The fourth-order valence-corrected chi connectivity index (χ4v) is 2.90. The molecule has 26 heavy (non-hydrogen) atoms. The molecule has 0 aromatic heterocycles. The molecule has 0 spiro atoms. The van der Waals surface area contributed by atoms with Gasteiger partial charge in [-0.25, -0.2) is 4.79 Å². The number of para-hydroxylation sites is 1. The lowest BCUT2D eigenvalue weighted by Gasteiger charge is -2.33. The summed E-state index contributed by atoms with van der Waals surface area (Å²) < 4.78 is 21.2. The van der Waals surface area contributed by atoms with Crippen LogP contribution in [0.3, 0.4) is 0 Å². The van der Waals surface area contributed by atoms with Gasteiger partial charge in [-0.2, -0.15) is 0 Å². The molecule has 0 aliphatic carbocycles. The van der Waals surface area contributed by atoms with E-state index in [1.54, 1.807) is 26.4 Å². The van der Waals surface area contributed by atoms with Crippen molar-refractivity contribution in [2.24, 2.45) is 5.73 Å². The average Bonchev–Trinajstić information content (AvgIpc) is 2.66. The first kappa shape index (κ1) is 18.0. The van der Waals surface area contributed by atoms with Gasteiger partial charge < -0.3 is 24.7 Å². The van der Waals surface area contributed by atoms with Gasteiger partial charge in [0.15, 0.2) is 17.2 Å². The second kappa shape index (κ2) is 7.23. The molecule has 1 atom stereocenters. The lowest BCUT2D eigenvalue weighted by atomic mass is 9.96. The highest BCUT2D eigenvalue weighted by atomic mass is 16.6. The van der Waals surface area contributed by atoms with Crippen molar-refractivity contribution in [2.45, 2.75) is 18.6 Å². The monoisotopic (exact) mass is 358 g/mol. The van der Waals surface area contributed by atoms with Crippen LogP contribution >= 0.6 is 0 Å². The van der Waals surface area contributed by atoms with Gasteiger partial charge in [0.1, 0.15) is 11.5 Å². The number of ether oxygens (including phenoxy) is 4. The molecular formula is C19H22N2O5. The van der Waals surface area contributed by atoms with Gasteiger partial charge in [0.05, 0.1) is 21.3 Å². The fourth-order valence-electron chi connectivity index (χ4n) is 2.90. The maximum Gasteiger partial charge on any atom is 0.347 e. The van der Waals surface area contributed by atoms with Gasteiger partial charge in [0.2, 0.25) is 0 Å². The van der Waals surface area contributed by atoms with Crippen molar-refractivity contribution in [3.63, 3.8) is 0 Å². The minimum atomic E-state index is -1.34. The minimum Gasteiger partial charge on any atom is -0.497 e. The molecule has 0 radical (unpaired) electrons. The second-order valence-corrected chi connectivity index (χ2v) is 6.06. The lowest BCUT2D eigenvalue weighted by molar-refractivity contribution is -0.143. The van der Waals surface area contributed by atoms with Gasteiger partial charge in [-0.1, -0.05) is 12.1 Å². The Labute approximate surface area is 152 Å². The van der Waals surface area contributed by atoms with Crippen LogP contribution in [0.25, 0.3) is 0 Å². The van der Waals surface area contributed by atoms with E-state index in [0.717, 1.165) is 11.1 Å². The van der Waals surface area contributed by atoms with Crippen LogP contribution in [0.1, 0.15) is 11.1 Å². The maximum atomic E-state index is 12.5. The van der Waals surface area contributed by atoms with Crippen molar-refractivity contribution < 1.29 is 23.7 Å². The molecule has 2 aromatic rings. The molecule has 3 rings (SSSR count). The van der Waals surface area contributed by atoms with Crippen molar-refractivity contribution in [3.8, 4) is 23.0 Å². The normalized spacial score (nSPS) is 18.7. The van der Waals surface area contributed by atoms with Crippen molar-refractivity contribution in [1.29, 1.82) is 0 Å². The number of esters is 1. The number of nitrogens with two attached hydrogens (primary N) is 1. The average molecular weight is 358 g/mol. The predicted octanol–water partition coefficient (Wildman–Crippen LogP) is 1.62. The molecule has 1 aliphatic rings. The molecule has 0 saturated heterocycles. The summed E-state index contributed by atoms with van der Waals surface area (Å²) in [6, 6.07) is 10.9. The Hall–Kier alpha value is -2.77. The van der Waals surface area contributed by atoms with Gasteiger partial charge in [-0.05, 0) is 23.8 Å². The topological polar surface area (TPSA) is 92.0 Å². The number of hydrogen-bond donors (Lipinski definition) is 2. The van der Waals surface area contributed by atoms with E-state index < -0.39 is 11.6 Å². The SMILES string of the molecule is COc1cc(CNC2(N)Cc3cccc(OC)c3OC2=O)cc(OC)c1. The highest BCUT2D eigenvalue weighted by molar-refractivity contribution is 5.85. The summed E-state index contributed by atoms with van der Waals surface area (Å²) in [5, 5.41) is 3.10. The Morgan fingerprint density at radius 1 is 1.12 bits per heavy atom. The largest absolute Gasteiger partial charge is 0.497 e. The Kier molecular flexibility index (Phi) is 5.01. The van der Waals surface area contributed by atoms with Crippen LogP contribution in [0.5, 0.6) is 23.0 Å². The van der Waals surface area contributed by atoms with Crippen molar-refractivity contribution in [1.82, 2.24) is 5.32 Å². The number of methoxy groups -OCH3 is 3. The molecule has 7 nitrogen and oxygen atoms in total. The summed E-state index contributed by atoms with van der Waals surface area (Å²) in [6.07, 6.45) is 0.291. The zero-order valence-corrected chi connectivity index (χ0v) is 15.0. The number of nitrogens with one attached hydrogen (secondary N) is 1. The predicted molar refractivity (Wildman–Crippen MR) is 95.6 cm³/mol. The molecule has 1 unspecified atom stereocenters. The first-order valence-electron chi connectivity index (χ1n) is 8.13. The minimum absolute atomic E-state index is 0.291. The number of fused-ring (bicyclic) bond motifs is 1. The number of carbonyl (C=O) groups excluding carboxylic acids is 1. The van der Waals surface area contributed by atoms with E-state index in [1.165, 1.54) is 7.11 Å². The number of hydrogen-bond acceptors (Lipinski definition) is 7. The Balaban J connectivity index is 1.80. The van der Waals surface area contributed by atoms with Crippen LogP contribution in [0.2, 0.25) is 0 Å². The maximum absolute atomic E-state index is 12.5. The van der Waals surface area contributed by atoms with Crippen molar-refractivity contribution >= 4 is 5.97 Å². The van der Waals surface area contributed by atoms with Gasteiger partial charge in [-0.15, -0.1) is 0 Å². The molecule has 0 saturated carbocycles. The van der Waals surface area contributed by atoms with E-state index in [2.05, 4.69) is 5.32 Å². The summed E-state index contributed by atoms with van der Waals surface area (Å²) >= 11 is 0. The zero-order chi connectivity index (χ0) is 18.7. The molecule has 138 valence electrons. The third kappa shape index (κ3) is 3.44. The highest BCUT2D eigenvalue weighted by Gasteiger charge is 2.41. The third-order valence-corrected chi connectivity index (χ3v) is 4.33. The lowest BCUT2D eigenvalue weighted by Crippen LogP contribution is -2.64. The summed E-state index contributed by atoms with van der Waals surface area (Å²) in [7, 11) is 4.70. The highest BCUT2D eigenvalue weighted by Crippen LogP contribution is 2.36. The smallest absolute Gasteiger partial charge is 0.347 e. The first-order valence-corrected chi connectivity index (χ1v) is 8.13. The van der Waals surface area contributed by atoms with Gasteiger partial charge in [-0.3, -0.25) is 5.32 Å². The Morgan fingerprint density at radius 3 is 2.42 bits per heavy atom. The van der Waals surface area contributed by atoms with E-state index in [9.17, 15) is 4.79 Å². The Bertz CT molecular complexity index is 801. The van der Waals surface area contributed by atoms with Crippen LogP contribution in [-0.2, 0) is 17.8 Å². The van der Waals surface area contributed by atoms with Crippen LogP contribution in [0.4, 0.5) is 0 Å². The number of carbonyl (C=O) groups is 1. The van der Waals surface area contributed by atoms with Crippen molar-refractivity contribution in [2.75, 3.05) is 21.3 Å². The number of rotatable bonds is 6. The van der Waals surface area contributed by atoms with E-state index in [-0.39, 0.29) is 0 Å². The summed E-state index contributed by atoms with van der Waals surface area (Å²) in [5.41, 5.74) is 6.65. The second-order valence-electron chi connectivity index (χ2n) is 6.06. The van der Waals surface area contributed by atoms with Gasteiger partial charge in [0, 0.05) is 24.6 Å². The van der Waals surface area contributed by atoms with Crippen LogP contribution in [-0.4, -0.2) is 33.0 Å². The molecule has 3 N–H and O–H groups in total. The van der Waals surface area contributed by atoms with E-state index in [1.807, 2.05) is 24.3 Å². The van der Waals surface area contributed by atoms with Crippen LogP contribution in [0.15, 0.2) is 36.4 Å². The summed E-state index contributed by atoms with van der Waals surface area (Å²) in [4.78, 5) is 12.5. The summed E-state index contributed by atoms with van der Waals surface area (Å²) in [5.74, 6) is 1.70. The molecule has 1 heterocycles. The molecule has 0 bridgehead atoms. The van der Waals surface area contributed by atoms with E-state index in [0.29, 0.717) is 36.0 Å².